The minimum absolute atomic E-state index is 0.218. The van der Waals surface area contributed by atoms with E-state index in [9.17, 15) is 4.39 Å². The predicted octanol–water partition coefficient (Wildman–Crippen LogP) is 4.27. The third kappa shape index (κ3) is 4.12. The summed E-state index contributed by atoms with van der Waals surface area (Å²) in [7, 11) is 0. The van der Waals surface area contributed by atoms with E-state index in [0.29, 0.717) is 4.47 Å². The highest BCUT2D eigenvalue weighted by atomic mass is 79.9. The van der Waals surface area contributed by atoms with E-state index in [1.54, 1.807) is 12.4 Å². The average molecular weight is 337 g/mol. The number of hydrogen-bond donors (Lipinski definition) is 1. The number of rotatable bonds is 6. The number of pyridine rings is 1. The Hall–Kier alpha value is -1.26. The van der Waals surface area contributed by atoms with Crippen LogP contribution in [0, 0.1) is 5.82 Å². The summed E-state index contributed by atoms with van der Waals surface area (Å²) >= 11 is 3.24. The van der Waals surface area contributed by atoms with Crippen LogP contribution in [-0.2, 0) is 6.42 Å². The third-order valence-electron chi connectivity index (χ3n) is 3.17. The zero-order chi connectivity index (χ0) is 14.4. The van der Waals surface area contributed by atoms with Crippen LogP contribution in [0.25, 0.3) is 0 Å². The van der Waals surface area contributed by atoms with Crippen molar-refractivity contribution in [1.82, 2.24) is 10.3 Å². The Morgan fingerprint density at radius 1 is 1.25 bits per heavy atom. The zero-order valence-electron chi connectivity index (χ0n) is 11.4. The van der Waals surface area contributed by atoms with Gasteiger partial charge in [-0.25, -0.2) is 4.39 Å². The summed E-state index contributed by atoms with van der Waals surface area (Å²) in [5.41, 5.74) is 2.30. The van der Waals surface area contributed by atoms with Gasteiger partial charge in [-0.05, 0) is 70.7 Å². The van der Waals surface area contributed by atoms with Gasteiger partial charge in [0.1, 0.15) is 5.82 Å². The molecule has 0 aliphatic heterocycles. The van der Waals surface area contributed by atoms with Crippen molar-refractivity contribution < 1.29 is 4.39 Å². The Balaban J connectivity index is 2.17. The molecular formula is C16H18BrFN2. The largest absolute Gasteiger partial charge is 0.310 e. The molecule has 0 bridgehead atoms. The fourth-order valence-corrected chi connectivity index (χ4v) is 2.55. The number of nitrogens with zero attached hydrogens (tertiary/aromatic N) is 1. The van der Waals surface area contributed by atoms with Crippen LogP contribution in [0.4, 0.5) is 4.39 Å². The van der Waals surface area contributed by atoms with Crippen molar-refractivity contribution in [2.24, 2.45) is 0 Å². The van der Waals surface area contributed by atoms with E-state index < -0.39 is 0 Å². The molecule has 2 nitrogen and oxygen atoms in total. The monoisotopic (exact) mass is 336 g/mol. The molecule has 4 heteroatoms. The van der Waals surface area contributed by atoms with Crippen LogP contribution in [0.15, 0.2) is 47.2 Å². The van der Waals surface area contributed by atoms with Gasteiger partial charge in [-0.3, -0.25) is 4.98 Å². The Morgan fingerprint density at radius 2 is 2.00 bits per heavy atom. The molecule has 1 heterocycles. The maximum Gasteiger partial charge on any atom is 0.137 e. The van der Waals surface area contributed by atoms with E-state index >= 15 is 0 Å². The second kappa shape index (κ2) is 7.50. The maximum absolute atomic E-state index is 13.3. The highest BCUT2D eigenvalue weighted by Crippen LogP contribution is 2.22. The minimum Gasteiger partial charge on any atom is -0.310 e. The molecule has 1 atom stereocenters. The van der Waals surface area contributed by atoms with Crippen LogP contribution in [0.2, 0.25) is 0 Å². The molecule has 0 aliphatic rings. The third-order valence-corrected chi connectivity index (χ3v) is 3.78. The first-order valence-electron chi connectivity index (χ1n) is 6.78. The molecule has 1 aromatic heterocycles. The summed E-state index contributed by atoms with van der Waals surface area (Å²) < 4.78 is 13.8. The SMILES string of the molecule is CCCNC(Cc1ccc(F)c(Br)c1)c1ccncc1. The molecule has 0 amide bonds. The van der Waals surface area contributed by atoms with Crippen LogP contribution in [0.3, 0.4) is 0 Å². The molecule has 0 saturated heterocycles. The first-order chi connectivity index (χ1) is 9.70. The Morgan fingerprint density at radius 3 is 2.65 bits per heavy atom. The van der Waals surface area contributed by atoms with Crippen LogP contribution in [0.1, 0.15) is 30.5 Å². The summed E-state index contributed by atoms with van der Waals surface area (Å²) in [4.78, 5) is 4.06. The molecule has 1 N–H and O–H groups in total. The van der Waals surface area contributed by atoms with Crippen molar-refractivity contribution in [3.63, 3.8) is 0 Å². The summed E-state index contributed by atoms with van der Waals surface area (Å²) in [6.45, 7) is 3.10. The van der Waals surface area contributed by atoms with E-state index in [4.69, 9.17) is 0 Å². The van der Waals surface area contributed by atoms with Gasteiger partial charge in [0.2, 0.25) is 0 Å². The molecule has 0 radical (unpaired) electrons. The number of benzene rings is 1. The van der Waals surface area contributed by atoms with Crippen molar-refractivity contribution in [2.75, 3.05) is 6.54 Å². The predicted molar refractivity (Wildman–Crippen MR) is 83.1 cm³/mol. The molecule has 2 rings (SSSR count). The van der Waals surface area contributed by atoms with Crippen LogP contribution in [-0.4, -0.2) is 11.5 Å². The Bertz CT molecular complexity index is 545. The van der Waals surface area contributed by atoms with Crippen molar-refractivity contribution in [3.05, 3.63) is 64.1 Å². The Kier molecular flexibility index (Phi) is 5.68. The summed E-state index contributed by atoms with van der Waals surface area (Å²) in [5.74, 6) is -0.226. The number of hydrogen-bond acceptors (Lipinski definition) is 2. The first kappa shape index (κ1) is 15.1. The number of halogens is 2. The lowest BCUT2D eigenvalue weighted by molar-refractivity contribution is 0.528. The van der Waals surface area contributed by atoms with Gasteiger partial charge in [-0.15, -0.1) is 0 Å². The molecule has 0 spiro atoms. The van der Waals surface area contributed by atoms with E-state index in [2.05, 4.69) is 33.2 Å². The van der Waals surface area contributed by atoms with Crippen molar-refractivity contribution in [2.45, 2.75) is 25.8 Å². The number of nitrogens with one attached hydrogen (secondary N) is 1. The Labute approximate surface area is 127 Å². The molecule has 1 aromatic carbocycles. The normalized spacial score (nSPS) is 12.3. The zero-order valence-corrected chi connectivity index (χ0v) is 13.0. The van der Waals surface area contributed by atoms with Crippen molar-refractivity contribution in [3.8, 4) is 0 Å². The van der Waals surface area contributed by atoms with Gasteiger partial charge < -0.3 is 5.32 Å². The lowest BCUT2D eigenvalue weighted by Crippen LogP contribution is -2.24. The summed E-state index contributed by atoms with van der Waals surface area (Å²) in [6.07, 6.45) is 5.50. The van der Waals surface area contributed by atoms with Crippen LogP contribution in [0.5, 0.6) is 0 Å². The van der Waals surface area contributed by atoms with Gasteiger partial charge >= 0.3 is 0 Å². The molecule has 2 aromatic rings. The second-order valence-electron chi connectivity index (χ2n) is 4.74. The highest BCUT2D eigenvalue weighted by Gasteiger charge is 2.12. The van der Waals surface area contributed by atoms with E-state index in [1.165, 1.54) is 11.6 Å². The lowest BCUT2D eigenvalue weighted by atomic mass is 9.99. The molecule has 106 valence electrons. The van der Waals surface area contributed by atoms with Gasteiger partial charge in [0.25, 0.3) is 0 Å². The van der Waals surface area contributed by atoms with Gasteiger partial charge in [0, 0.05) is 18.4 Å². The lowest BCUT2D eigenvalue weighted by Gasteiger charge is -2.19. The quantitative estimate of drug-likeness (QED) is 0.852. The van der Waals surface area contributed by atoms with Crippen LogP contribution < -0.4 is 5.32 Å². The molecule has 0 aliphatic carbocycles. The fraction of sp³-hybridized carbons (Fsp3) is 0.312. The van der Waals surface area contributed by atoms with Crippen molar-refractivity contribution >= 4 is 15.9 Å². The highest BCUT2D eigenvalue weighted by molar-refractivity contribution is 9.10. The van der Waals surface area contributed by atoms with E-state index in [1.807, 2.05) is 24.3 Å². The van der Waals surface area contributed by atoms with Crippen molar-refractivity contribution in [1.29, 1.82) is 0 Å². The van der Waals surface area contributed by atoms with Gasteiger partial charge in [0.05, 0.1) is 4.47 Å². The number of aromatic nitrogens is 1. The fourth-order valence-electron chi connectivity index (χ4n) is 2.12. The van der Waals surface area contributed by atoms with E-state index in [-0.39, 0.29) is 11.9 Å². The minimum atomic E-state index is -0.226. The summed E-state index contributed by atoms with van der Waals surface area (Å²) in [6, 6.07) is 9.44. The summed E-state index contributed by atoms with van der Waals surface area (Å²) in [5, 5.41) is 3.53. The van der Waals surface area contributed by atoms with Gasteiger partial charge in [0.15, 0.2) is 0 Å². The molecule has 0 saturated carbocycles. The second-order valence-corrected chi connectivity index (χ2v) is 5.59. The first-order valence-corrected chi connectivity index (χ1v) is 7.57. The van der Waals surface area contributed by atoms with Gasteiger partial charge in [-0.2, -0.15) is 0 Å². The maximum atomic E-state index is 13.3. The molecule has 0 fully saturated rings. The smallest absolute Gasteiger partial charge is 0.137 e. The van der Waals surface area contributed by atoms with Gasteiger partial charge in [-0.1, -0.05) is 13.0 Å². The van der Waals surface area contributed by atoms with E-state index in [0.717, 1.165) is 24.9 Å². The molecule has 20 heavy (non-hydrogen) atoms. The molecular weight excluding hydrogens is 319 g/mol. The topological polar surface area (TPSA) is 24.9 Å². The molecule has 1 unspecified atom stereocenters. The average Bonchev–Trinajstić information content (AvgIpc) is 2.48. The van der Waals surface area contributed by atoms with Crippen LogP contribution >= 0.6 is 15.9 Å². The standard InChI is InChI=1S/C16H18BrFN2/c1-2-7-20-16(13-5-8-19-9-6-13)11-12-3-4-15(18)14(17)10-12/h3-6,8-10,16,20H,2,7,11H2,1H3.